The molecule has 3 heterocycles. The quantitative estimate of drug-likeness (QED) is 0.922. The second-order valence-electron chi connectivity index (χ2n) is 4.74. The summed E-state index contributed by atoms with van der Waals surface area (Å²) in [6, 6.07) is 2.38. The van der Waals surface area contributed by atoms with E-state index >= 15 is 0 Å². The summed E-state index contributed by atoms with van der Waals surface area (Å²) in [7, 11) is 0. The van der Waals surface area contributed by atoms with Crippen LogP contribution in [0.25, 0.3) is 10.8 Å². The second-order valence-corrected chi connectivity index (χ2v) is 5.60. The SMILES string of the molecule is C[C@@H]1CNCCN1Cc1csc(-c2ncccn2)n1.Cl.Cl. The van der Waals surface area contributed by atoms with Crippen LogP contribution in [-0.2, 0) is 6.54 Å². The highest BCUT2D eigenvalue weighted by molar-refractivity contribution is 7.13. The first-order valence-electron chi connectivity index (χ1n) is 6.49. The lowest BCUT2D eigenvalue weighted by molar-refractivity contribution is 0.164. The Labute approximate surface area is 141 Å². The fraction of sp³-hybridized carbons (Fsp3) is 0.462. The van der Waals surface area contributed by atoms with Crippen LogP contribution in [-0.4, -0.2) is 45.5 Å². The lowest BCUT2D eigenvalue weighted by atomic mass is 10.2. The number of piperazine rings is 1. The van der Waals surface area contributed by atoms with Crippen LogP contribution in [0.1, 0.15) is 12.6 Å². The number of nitrogens with one attached hydrogen (secondary N) is 1. The summed E-state index contributed by atoms with van der Waals surface area (Å²) in [4.78, 5) is 15.6. The molecule has 0 bridgehead atoms. The van der Waals surface area contributed by atoms with Gasteiger partial charge in [-0.05, 0) is 13.0 Å². The van der Waals surface area contributed by atoms with Gasteiger partial charge in [0, 0.05) is 50.0 Å². The highest BCUT2D eigenvalue weighted by Gasteiger charge is 2.19. The predicted molar refractivity (Wildman–Crippen MR) is 90.4 cm³/mol. The molecule has 0 aromatic carbocycles. The fourth-order valence-electron chi connectivity index (χ4n) is 2.22. The molecule has 0 aliphatic carbocycles. The highest BCUT2D eigenvalue weighted by Crippen LogP contribution is 2.21. The molecule has 0 amide bonds. The molecule has 1 fully saturated rings. The third-order valence-corrected chi connectivity index (χ3v) is 4.20. The molecule has 0 spiro atoms. The van der Waals surface area contributed by atoms with Crippen molar-refractivity contribution in [3.8, 4) is 10.8 Å². The number of rotatable bonds is 3. The number of hydrogen-bond acceptors (Lipinski definition) is 6. The number of aromatic nitrogens is 3. The minimum Gasteiger partial charge on any atom is -0.314 e. The normalized spacial score (nSPS) is 18.6. The molecule has 2 aromatic heterocycles. The largest absolute Gasteiger partial charge is 0.314 e. The number of thiazole rings is 1. The fourth-order valence-corrected chi connectivity index (χ4v) is 2.97. The van der Waals surface area contributed by atoms with Gasteiger partial charge in [0.15, 0.2) is 10.8 Å². The molecule has 21 heavy (non-hydrogen) atoms. The third-order valence-electron chi connectivity index (χ3n) is 3.31. The Kier molecular flexibility index (Phi) is 7.48. The Balaban J connectivity index is 0.00000110. The predicted octanol–water partition coefficient (Wildman–Crippen LogP) is 2.24. The van der Waals surface area contributed by atoms with Crippen molar-refractivity contribution in [2.75, 3.05) is 19.6 Å². The van der Waals surface area contributed by atoms with Crippen LogP contribution in [0.5, 0.6) is 0 Å². The standard InChI is InChI=1S/C13H17N5S.2ClH/c1-10-7-14-5-6-18(10)8-11-9-19-13(17-11)12-15-3-2-4-16-12;;/h2-4,9-10,14H,5-8H2,1H3;2*1H/t10-;;/m1../s1. The highest BCUT2D eigenvalue weighted by atomic mass is 35.5. The van der Waals surface area contributed by atoms with Crippen molar-refractivity contribution in [1.29, 1.82) is 0 Å². The first-order valence-corrected chi connectivity index (χ1v) is 7.37. The topological polar surface area (TPSA) is 53.9 Å². The Hall–Kier alpha value is -0.790. The molecular formula is C13H19Cl2N5S. The minimum absolute atomic E-state index is 0. The zero-order chi connectivity index (χ0) is 13.1. The van der Waals surface area contributed by atoms with Crippen molar-refractivity contribution < 1.29 is 0 Å². The first-order chi connectivity index (χ1) is 9.33. The van der Waals surface area contributed by atoms with Gasteiger partial charge in [-0.25, -0.2) is 15.0 Å². The summed E-state index contributed by atoms with van der Waals surface area (Å²) < 4.78 is 0. The molecule has 2 aromatic rings. The van der Waals surface area contributed by atoms with Crippen molar-refractivity contribution in [2.24, 2.45) is 0 Å². The Morgan fingerprint density at radius 3 is 2.81 bits per heavy atom. The van der Waals surface area contributed by atoms with E-state index in [0.29, 0.717) is 11.9 Å². The molecule has 8 heteroatoms. The maximum absolute atomic E-state index is 4.64. The van der Waals surface area contributed by atoms with Gasteiger partial charge in [0.2, 0.25) is 0 Å². The Morgan fingerprint density at radius 1 is 1.33 bits per heavy atom. The van der Waals surface area contributed by atoms with E-state index in [1.165, 1.54) is 0 Å². The van der Waals surface area contributed by atoms with E-state index < -0.39 is 0 Å². The van der Waals surface area contributed by atoms with Gasteiger partial charge in [0.1, 0.15) is 0 Å². The summed E-state index contributed by atoms with van der Waals surface area (Å²) in [6.45, 7) is 6.35. The Morgan fingerprint density at radius 2 is 2.10 bits per heavy atom. The van der Waals surface area contributed by atoms with Crippen LogP contribution in [0.3, 0.4) is 0 Å². The van der Waals surface area contributed by atoms with E-state index in [9.17, 15) is 0 Å². The van der Waals surface area contributed by atoms with Gasteiger partial charge < -0.3 is 5.32 Å². The molecule has 1 aliphatic rings. The van der Waals surface area contributed by atoms with E-state index in [1.807, 2.05) is 6.07 Å². The van der Waals surface area contributed by atoms with Crippen LogP contribution in [0.2, 0.25) is 0 Å². The summed E-state index contributed by atoms with van der Waals surface area (Å²) >= 11 is 1.61. The van der Waals surface area contributed by atoms with Gasteiger partial charge in [-0.15, -0.1) is 36.2 Å². The summed E-state index contributed by atoms with van der Waals surface area (Å²) in [5.41, 5.74) is 1.11. The van der Waals surface area contributed by atoms with Gasteiger partial charge in [-0.3, -0.25) is 4.90 Å². The smallest absolute Gasteiger partial charge is 0.188 e. The molecule has 0 radical (unpaired) electrons. The first kappa shape index (κ1) is 18.3. The lowest BCUT2D eigenvalue weighted by Crippen LogP contribution is -2.49. The van der Waals surface area contributed by atoms with Crippen LogP contribution in [0.15, 0.2) is 23.8 Å². The molecule has 1 atom stereocenters. The lowest BCUT2D eigenvalue weighted by Gasteiger charge is -2.33. The van der Waals surface area contributed by atoms with Gasteiger partial charge in [0.05, 0.1) is 5.69 Å². The van der Waals surface area contributed by atoms with E-state index in [1.54, 1.807) is 23.7 Å². The molecular weight excluding hydrogens is 329 g/mol. The van der Waals surface area contributed by atoms with Gasteiger partial charge in [-0.2, -0.15) is 0 Å². The number of nitrogens with zero attached hydrogens (tertiary/aromatic N) is 4. The summed E-state index contributed by atoms with van der Waals surface area (Å²) in [5, 5.41) is 6.41. The van der Waals surface area contributed by atoms with E-state index in [2.05, 4.69) is 37.5 Å². The molecule has 3 rings (SSSR count). The van der Waals surface area contributed by atoms with Gasteiger partial charge in [-0.1, -0.05) is 0 Å². The van der Waals surface area contributed by atoms with Crippen molar-refractivity contribution in [3.05, 3.63) is 29.5 Å². The van der Waals surface area contributed by atoms with Crippen LogP contribution < -0.4 is 5.32 Å². The maximum Gasteiger partial charge on any atom is 0.188 e. The second kappa shape index (κ2) is 8.60. The van der Waals surface area contributed by atoms with Crippen LogP contribution in [0.4, 0.5) is 0 Å². The number of halogens is 2. The van der Waals surface area contributed by atoms with Crippen molar-refractivity contribution in [1.82, 2.24) is 25.2 Å². The molecule has 1 N–H and O–H groups in total. The van der Waals surface area contributed by atoms with Crippen molar-refractivity contribution in [3.63, 3.8) is 0 Å². The Bertz CT molecular complexity index is 536. The zero-order valence-corrected chi connectivity index (χ0v) is 14.2. The van der Waals surface area contributed by atoms with E-state index in [-0.39, 0.29) is 24.8 Å². The molecule has 1 aliphatic heterocycles. The molecule has 5 nitrogen and oxygen atoms in total. The molecule has 1 saturated heterocycles. The van der Waals surface area contributed by atoms with Crippen LogP contribution in [0, 0.1) is 0 Å². The van der Waals surface area contributed by atoms with Gasteiger partial charge in [0.25, 0.3) is 0 Å². The van der Waals surface area contributed by atoms with Gasteiger partial charge >= 0.3 is 0 Å². The van der Waals surface area contributed by atoms with Crippen molar-refractivity contribution >= 4 is 36.2 Å². The number of hydrogen-bond donors (Lipinski definition) is 1. The minimum atomic E-state index is 0. The third kappa shape index (κ3) is 4.59. The van der Waals surface area contributed by atoms with E-state index in [0.717, 1.165) is 36.9 Å². The monoisotopic (exact) mass is 347 g/mol. The van der Waals surface area contributed by atoms with E-state index in [4.69, 9.17) is 0 Å². The average Bonchev–Trinajstić information content (AvgIpc) is 2.91. The molecule has 0 unspecified atom stereocenters. The van der Waals surface area contributed by atoms with Crippen molar-refractivity contribution in [2.45, 2.75) is 19.5 Å². The zero-order valence-electron chi connectivity index (χ0n) is 11.7. The maximum atomic E-state index is 4.64. The summed E-state index contributed by atoms with van der Waals surface area (Å²) in [5.74, 6) is 0.715. The molecule has 116 valence electrons. The summed E-state index contributed by atoms with van der Waals surface area (Å²) in [6.07, 6.45) is 3.50. The average molecular weight is 348 g/mol. The molecule has 0 saturated carbocycles. The van der Waals surface area contributed by atoms with Crippen LogP contribution >= 0.6 is 36.2 Å².